The molecule has 0 N–H and O–H groups in total. The Labute approximate surface area is 108 Å². The van der Waals surface area contributed by atoms with E-state index in [0.29, 0.717) is 11.7 Å². The molecule has 16 heavy (non-hydrogen) atoms. The van der Waals surface area contributed by atoms with Crippen LogP contribution < -0.4 is 0 Å². The smallest absolute Gasteiger partial charge is 0.133 e. The van der Waals surface area contributed by atoms with E-state index < -0.39 is 0 Å². The minimum Gasteiger partial charge on any atom is -0.300 e. The van der Waals surface area contributed by atoms with Crippen molar-refractivity contribution in [2.75, 3.05) is 12.5 Å². The monoisotopic (exact) mass is 258 g/mol. The molecule has 0 saturated heterocycles. The highest BCUT2D eigenvalue weighted by atomic mass is 32.2. The van der Waals surface area contributed by atoms with Crippen LogP contribution >= 0.6 is 23.5 Å². The average Bonchev–Trinajstić information content (AvgIpc) is 2.29. The third-order valence-electron chi connectivity index (χ3n) is 3.21. The summed E-state index contributed by atoms with van der Waals surface area (Å²) in [6.45, 7) is 2.23. The number of thioether (sulfide) groups is 2. The van der Waals surface area contributed by atoms with Crippen LogP contribution in [0.5, 0.6) is 0 Å². The van der Waals surface area contributed by atoms with Crippen molar-refractivity contribution < 1.29 is 4.79 Å². The summed E-state index contributed by atoms with van der Waals surface area (Å²) < 4.78 is 1.46. The standard InChI is InChI=1S/C13H22OS2/c1-4-11(13(15-2)16-3)8-10-6-5-7-12(14)9-10/h10H,4-9H2,1-3H3. The molecule has 0 aromatic heterocycles. The Morgan fingerprint density at radius 3 is 2.56 bits per heavy atom. The Balaban J connectivity index is 2.61. The molecular weight excluding hydrogens is 236 g/mol. The molecule has 1 unspecified atom stereocenters. The lowest BCUT2D eigenvalue weighted by Crippen LogP contribution is -2.15. The molecule has 1 rings (SSSR count). The molecule has 0 heterocycles. The molecule has 1 saturated carbocycles. The second-order valence-corrected chi connectivity index (χ2v) is 6.25. The number of rotatable bonds is 5. The molecule has 1 nitrogen and oxygen atoms in total. The van der Waals surface area contributed by atoms with E-state index in [-0.39, 0.29) is 0 Å². The summed E-state index contributed by atoms with van der Waals surface area (Å²) in [7, 11) is 0. The Morgan fingerprint density at radius 1 is 1.38 bits per heavy atom. The van der Waals surface area contributed by atoms with Gasteiger partial charge >= 0.3 is 0 Å². The van der Waals surface area contributed by atoms with Gasteiger partial charge in [-0.25, -0.2) is 0 Å². The Hall–Kier alpha value is 0.110. The van der Waals surface area contributed by atoms with E-state index >= 15 is 0 Å². The molecule has 0 bridgehead atoms. The third-order valence-corrected chi connectivity index (χ3v) is 5.52. The van der Waals surface area contributed by atoms with Crippen LogP contribution in [0.1, 0.15) is 45.4 Å². The lowest BCUT2D eigenvalue weighted by molar-refractivity contribution is -0.121. The number of hydrogen-bond acceptors (Lipinski definition) is 3. The molecule has 0 aromatic rings. The normalized spacial score (nSPS) is 20.9. The van der Waals surface area contributed by atoms with E-state index in [1.54, 1.807) is 5.57 Å². The maximum absolute atomic E-state index is 11.4. The molecule has 1 aliphatic carbocycles. The number of allylic oxidation sites excluding steroid dienone is 1. The molecule has 92 valence electrons. The van der Waals surface area contributed by atoms with E-state index in [1.807, 2.05) is 23.5 Å². The van der Waals surface area contributed by atoms with Crippen molar-refractivity contribution in [3.63, 3.8) is 0 Å². The van der Waals surface area contributed by atoms with Crippen LogP contribution in [0.4, 0.5) is 0 Å². The Bertz CT molecular complexity index is 265. The van der Waals surface area contributed by atoms with Crippen molar-refractivity contribution in [1.29, 1.82) is 0 Å². The second kappa shape index (κ2) is 7.44. The van der Waals surface area contributed by atoms with Gasteiger partial charge in [0.1, 0.15) is 5.78 Å². The number of hydrogen-bond donors (Lipinski definition) is 0. The first-order chi connectivity index (χ1) is 7.71. The molecule has 1 atom stereocenters. The van der Waals surface area contributed by atoms with Gasteiger partial charge in [-0.3, -0.25) is 4.79 Å². The molecular formula is C13H22OS2. The lowest BCUT2D eigenvalue weighted by Gasteiger charge is -2.22. The summed E-state index contributed by atoms with van der Waals surface area (Å²) in [4.78, 5) is 11.4. The van der Waals surface area contributed by atoms with Crippen LogP contribution in [0.15, 0.2) is 9.81 Å². The molecule has 0 aromatic carbocycles. The van der Waals surface area contributed by atoms with Crippen molar-refractivity contribution in [3.8, 4) is 0 Å². The fraction of sp³-hybridized carbons (Fsp3) is 0.769. The first-order valence-electron chi connectivity index (χ1n) is 6.02. The number of ketones is 1. The highest BCUT2D eigenvalue weighted by Crippen LogP contribution is 2.35. The summed E-state index contributed by atoms with van der Waals surface area (Å²) in [5.41, 5.74) is 1.56. The van der Waals surface area contributed by atoms with Crippen LogP contribution in [-0.2, 0) is 4.79 Å². The summed E-state index contributed by atoms with van der Waals surface area (Å²) >= 11 is 3.70. The third kappa shape index (κ3) is 4.17. The van der Waals surface area contributed by atoms with Gasteiger partial charge in [0.25, 0.3) is 0 Å². The van der Waals surface area contributed by atoms with Gasteiger partial charge in [-0.2, -0.15) is 0 Å². The van der Waals surface area contributed by atoms with E-state index in [1.165, 1.54) is 10.7 Å². The van der Waals surface area contributed by atoms with Crippen LogP contribution in [0.3, 0.4) is 0 Å². The zero-order valence-corrected chi connectivity index (χ0v) is 12.2. The van der Waals surface area contributed by atoms with Gasteiger partial charge in [-0.05, 0) is 44.1 Å². The van der Waals surface area contributed by atoms with Crippen molar-refractivity contribution in [3.05, 3.63) is 9.81 Å². The zero-order valence-electron chi connectivity index (χ0n) is 10.5. The Morgan fingerprint density at radius 2 is 2.06 bits per heavy atom. The van der Waals surface area contributed by atoms with E-state index in [2.05, 4.69) is 19.4 Å². The average molecular weight is 258 g/mol. The fourth-order valence-electron chi connectivity index (χ4n) is 2.38. The molecule has 0 amide bonds. The van der Waals surface area contributed by atoms with Crippen LogP contribution in [-0.4, -0.2) is 18.3 Å². The summed E-state index contributed by atoms with van der Waals surface area (Å²) in [6, 6.07) is 0. The molecule has 1 fully saturated rings. The maximum atomic E-state index is 11.4. The number of carbonyl (C=O) groups excluding carboxylic acids is 1. The predicted octanol–water partition coefficient (Wildman–Crippen LogP) is 4.48. The predicted molar refractivity (Wildman–Crippen MR) is 75.9 cm³/mol. The minimum absolute atomic E-state index is 0.474. The van der Waals surface area contributed by atoms with Gasteiger partial charge in [-0.15, -0.1) is 23.5 Å². The van der Waals surface area contributed by atoms with Gasteiger partial charge < -0.3 is 0 Å². The minimum atomic E-state index is 0.474. The lowest BCUT2D eigenvalue weighted by atomic mass is 9.84. The fourth-order valence-corrected chi connectivity index (χ4v) is 4.08. The van der Waals surface area contributed by atoms with Gasteiger partial charge in [0, 0.05) is 17.1 Å². The quantitative estimate of drug-likeness (QED) is 0.723. The van der Waals surface area contributed by atoms with E-state index in [0.717, 1.165) is 32.1 Å². The van der Waals surface area contributed by atoms with Gasteiger partial charge in [0.2, 0.25) is 0 Å². The number of Topliss-reactive ketones (excluding diaryl/α,β-unsaturated/α-hetero) is 1. The molecule has 0 aliphatic heterocycles. The van der Waals surface area contributed by atoms with Crippen LogP contribution in [0.2, 0.25) is 0 Å². The molecule has 3 heteroatoms. The molecule has 0 spiro atoms. The Kier molecular flexibility index (Phi) is 6.59. The zero-order chi connectivity index (χ0) is 12.0. The van der Waals surface area contributed by atoms with Crippen molar-refractivity contribution in [1.82, 2.24) is 0 Å². The highest BCUT2D eigenvalue weighted by molar-refractivity contribution is 8.21. The summed E-state index contributed by atoms with van der Waals surface area (Å²) in [5.74, 6) is 1.09. The topological polar surface area (TPSA) is 17.1 Å². The van der Waals surface area contributed by atoms with Crippen molar-refractivity contribution in [2.45, 2.75) is 45.4 Å². The van der Waals surface area contributed by atoms with Crippen LogP contribution in [0, 0.1) is 5.92 Å². The van der Waals surface area contributed by atoms with Gasteiger partial charge in [0.05, 0.1) is 0 Å². The van der Waals surface area contributed by atoms with Crippen molar-refractivity contribution >= 4 is 29.3 Å². The van der Waals surface area contributed by atoms with E-state index in [4.69, 9.17) is 0 Å². The highest BCUT2D eigenvalue weighted by Gasteiger charge is 2.20. The first-order valence-corrected chi connectivity index (χ1v) is 8.47. The van der Waals surface area contributed by atoms with E-state index in [9.17, 15) is 4.79 Å². The number of carbonyl (C=O) groups is 1. The SMILES string of the molecule is CCC(CC1CCCC(=O)C1)=C(SC)SC. The summed E-state index contributed by atoms with van der Waals surface area (Å²) in [5, 5.41) is 0. The second-order valence-electron chi connectivity index (χ2n) is 4.36. The van der Waals surface area contributed by atoms with Crippen molar-refractivity contribution in [2.24, 2.45) is 5.92 Å². The molecule has 0 radical (unpaired) electrons. The largest absolute Gasteiger partial charge is 0.300 e. The maximum Gasteiger partial charge on any atom is 0.133 e. The van der Waals surface area contributed by atoms with Gasteiger partial charge in [0.15, 0.2) is 0 Å². The first kappa shape index (κ1) is 14.2. The van der Waals surface area contributed by atoms with Gasteiger partial charge in [-0.1, -0.05) is 12.5 Å². The summed E-state index contributed by atoms with van der Waals surface area (Å²) in [6.07, 6.45) is 10.5. The molecule has 1 aliphatic rings. The van der Waals surface area contributed by atoms with Crippen LogP contribution in [0.25, 0.3) is 0 Å².